The van der Waals surface area contributed by atoms with Gasteiger partial charge in [-0.1, -0.05) is 12.1 Å². The number of nitrogens with zero attached hydrogens (tertiary/aromatic N) is 3. The van der Waals surface area contributed by atoms with E-state index < -0.39 is 0 Å². The fraction of sp³-hybridized carbons (Fsp3) is 0.267. The first-order valence-corrected chi connectivity index (χ1v) is 6.43. The molecule has 0 aliphatic heterocycles. The molecule has 2 rings (SSSR count). The van der Waals surface area contributed by atoms with Gasteiger partial charge in [0.25, 0.3) is 0 Å². The lowest BCUT2D eigenvalue weighted by Crippen LogP contribution is -2.03. The number of hydrogen-bond acceptors (Lipinski definition) is 6. The second kappa shape index (κ2) is 7.22. The Labute approximate surface area is 123 Å². The van der Waals surface area contributed by atoms with Gasteiger partial charge in [-0.3, -0.25) is 0 Å². The van der Waals surface area contributed by atoms with E-state index in [1.54, 1.807) is 20.2 Å². The highest BCUT2D eigenvalue weighted by molar-refractivity contribution is 5.39. The molecule has 0 atom stereocenters. The fourth-order valence-corrected chi connectivity index (χ4v) is 1.73. The van der Waals surface area contributed by atoms with E-state index in [4.69, 9.17) is 14.7 Å². The number of anilines is 1. The molecule has 0 saturated carbocycles. The van der Waals surface area contributed by atoms with Crippen molar-refractivity contribution < 1.29 is 9.47 Å². The summed E-state index contributed by atoms with van der Waals surface area (Å²) < 4.78 is 10.7. The van der Waals surface area contributed by atoms with E-state index in [1.165, 1.54) is 0 Å². The van der Waals surface area contributed by atoms with Crippen LogP contribution in [0.15, 0.2) is 30.3 Å². The molecule has 1 aromatic carbocycles. The Bertz CT molecular complexity index is 635. The van der Waals surface area contributed by atoms with E-state index in [0.29, 0.717) is 36.3 Å². The molecule has 108 valence electrons. The second-order valence-electron chi connectivity index (χ2n) is 4.27. The molecule has 0 fully saturated rings. The van der Waals surface area contributed by atoms with Crippen LogP contribution in [0, 0.1) is 11.3 Å². The molecule has 21 heavy (non-hydrogen) atoms. The first-order valence-electron chi connectivity index (χ1n) is 6.43. The van der Waals surface area contributed by atoms with Gasteiger partial charge in [-0.2, -0.15) is 10.2 Å². The number of benzene rings is 1. The monoisotopic (exact) mass is 284 g/mol. The first-order chi connectivity index (χ1) is 10.2. The third kappa shape index (κ3) is 4.16. The fourth-order valence-electron chi connectivity index (χ4n) is 1.73. The third-order valence-electron chi connectivity index (χ3n) is 2.71. The molecule has 6 heteroatoms. The van der Waals surface area contributed by atoms with Crippen molar-refractivity contribution in [1.29, 1.82) is 5.26 Å². The predicted octanol–water partition coefficient (Wildman–Crippen LogP) is 2.52. The van der Waals surface area contributed by atoms with Crippen LogP contribution in [0.4, 0.5) is 5.82 Å². The van der Waals surface area contributed by atoms with Crippen molar-refractivity contribution in [3.63, 3.8) is 0 Å². The minimum absolute atomic E-state index is 0.312. The van der Waals surface area contributed by atoms with Crippen molar-refractivity contribution in [1.82, 2.24) is 9.97 Å². The molecule has 6 nitrogen and oxygen atoms in total. The summed E-state index contributed by atoms with van der Waals surface area (Å²) in [6.07, 6.45) is 0.385. The van der Waals surface area contributed by atoms with Crippen LogP contribution < -0.4 is 10.1 Å². The van der Waals surface area contributed by atoms with Crippen LogP contribution in [0.1, 0.15) is 11.4 Å². The summed E-state index contributed by atoms with van der Waals surface area (Å²) in [7, 11) is 3.36. The number of aromatic nitrogens is 2. The molecule has 0 radical (unpaired) electrons. The van der Waals surface area contributed by atoms with Crippen molar-refractivity contribution in [3.05, 3.63) is 41.7 Å². The lowest BCUT2D eigenvalue weighted by atomic mass is 10.2. The Kier molecular flexibility index (Phi) is 5.07. The lowest BCUT2D eigenvalue weighted by Gasteiger charge is -2.09. The van der Waals surface area contributed by atoms with E-state index in [-0.39, 0.29) is 0 Å². The maximum absolute atomic E-state index is 8.65. The zero-order valence-electron chi connectivity index (χ0n) is 12.0. The first kappa shape index (κ1) is 14.8. The van der Waals surface area contributed by atoms with Crippen LogP contribution in [0.3, 0.4) is 0 Å². The molecule has 1 N–H and O–H groups in total. The number of ether oxygens (including phenoxy) is 2. The normalized spacial score (nSPS) is 9.95. The number of hydrogen-bond donors (Lipinski definition) is 1. The van der Waals surface area contributed by atoms with Gasteiger partial charge in [0.2, 0.25) is 5.88 Å². The Morgan fingerprint density at radius 1 is 1.24 bits per heavy atom. The highest BCUT2D eigenvalue weighted by Gasteiger charge is 2.06. The van der Waals surface area contributed by atoms with Gasteiger partial charge in [0.1, 0.15) is 18.2 Å². The highest BCUT2D eigenvalue weighted by atomic mass is 16.5. The van der Waals surface area contributed by atoms with Gasteiger partial charge in [-0.25, -0.2) is 4.98 Å². The van der Waals surface area contributed by atoms with Crippen LogP contribution in [-0.4, -0.2) is 24.1 Å². The van der Waals surface area contributed by atoms with Gasteiger partial charge >= 0.3 is 0 Å². The van der Waals surface area contributed by atoms with Gasteiger partial charge in [0.05, 0.1) is 12.5 Å². The summed E-state index contributed by atoms with van der Waals surface area (Å²) in [5.74, 6) is 2.30. The van der Waals surface area contributed by atoms with Crippen LogP contribution >= 0.6 is 0 Å². The molecule has 0 spiro atoms. The number of methoxy groups -OCH3 is 1. The average Bonchev–Trinajstić information content (AvgIpc) is 2.49. The standard InChI is InChI=1S/C15H16N4O2/c1-17-13-9-15(19-14(18-13)10-20-2)21-12-5-3-11(4-6-12)7-8-16/h3-6,9H,7,10H2,1-2H3,(H,17,18,19). The van der Waals surface area contributed by atoms with Crippen LogP contribution in [0.2, 0.25) is 0 Å². The average molecular weight is 284 g/mol. The molecular weight excluding hydrogens is 268 g/mol. The smallest absolute Gasteiger partial charge is 0.224 e. The van der Waals surface area contributed by atoms with Crippen molar-refractivity contribution >= 4 is 5.82 Å². The summed E-state index contributed by atoms with van der Waals surface area (Å²) in [6.45, 7) is 0.312. The molecule has 0 saturated heterocycles. The largest absolute Gasteiger partial charge is 0.439 e. The number of nitrogens with one attached hydrogen (secondary N) is 1. The Hall–Kier alpha value is -2.65. The summed E-state index contributed by atoms with van der Waals surface area (Å²) >= 11 is 0. The number of nitriles is 1. The molecule has 0 aliphatic rings. The van der Waals surface area contributed by atoms with Crippen LogP contribution in [-0.2, 0) is 17.8 Å². The topological polar surface area (TPSA) is 80.1 Å². The molecule has 1 aromatic heterocycles. The van der Waals surface area contributed by atoms with E-state index in [9.17, 15) is 0 Å². The molecule has 2 aromatic rings. The lowest BCUT2D eigenvalue weighted by molar-refractivity contribution is 0.177. The SMILES string of the molecule is CNc1cc(Oc2ccc(CC#N)cc2)nc(COC)n1. The maximum atomic E-state index is 8.65. The minimum atomic E-state index is 0.312. The zero-order valence-corrected chi connectivity index (χ0v) is 12.0. The van der Waals surface area contributed by atoms with Gasteiger partial charge in [0.15, 0.2) is 5.82 Å². The zero-order chi connectivity index (χ0) is 15.1. The third-order valence-corrected chi connectivity index (χ3v) is 2.71. The minimum Gasteiger partial charge on any atom is -0.439 e. The Morgan fingerprint density at radius 2 is 2.00 bits per heavy atom. The maximum Gasteiger partial charge on any atom is 0.224 e. The van der Waals surface area contributed by atoms with Crippen molar-refractivity contribution in [2.24, 2.45) is 0 Å². The summed E-state index contributed by atoms with van der Waals surface area (Å²) in [5, 5.41) is 11.6. The van der Waals surface area contributed by atoms with E-state index in [1.807, 2.05) is 24.3 Å². The highest BCUT2D eigenvalue weighted by Crippen LogP contribution is 2.22. The van der Waals surface area contributed by atoms with Gasteiger partial charge < -0.3 is 14.8 Å². The number of rotatable bonds is 6. The van der Waals surface area contributed by atoms with Crippen molar-refractivity contribution in [3.8, 4) is 17.7 Å². The van der Waals surface area contributed by atoms with Crippen LogP contribution in [0.5, 0.6) is 11.6 Å². The molecule has 0 amide bonds. The van der Waals surface area contributed by atoms with Crippen LogP contribution in [0.25, 0.3) is 0 Å². The van der Waals surface area contributed by atoms with Gasteiger partial charge in [-0.15, -0.1) is 0 Å². The molecule has 0 unspecified atom stereocenters. The summed E-state index contributed by atoms with van der Waals surface area (Å²) in [6, 6.07) is 11.1. The van der Waals surface area contributed by atoms with E-state index in [2.05, 4.69) is 21.4 Å². The summed E-state index contributed by atoms with van der Waals surface area (Å²) in [4.78, 5) is 8.53. The summed E-state index contributed by atoms with van der Waals surface area (Å²) in [5.41, 5.74) is 0.948. The van der Waals surface area contributed by atoms with Crippen molar-refractivity contribution in [2.75, 3.05) is 19.5 Å². The molecule has 1 heterocycles. The van der Waals surface area contributed by atoms with Gasteiger partial charge in [-0.05, 0) is 17.7 Å². The Balaban J connectivity index is 2.18. The predicted molar refractivity (Wildman–Crippen MR) is 78.1 cm³/mol. The molecule has 0 bridgehead atoms. The second-order valence-corrected chi connectivity index (χ2v) is 4.27. The molecular formula is C15H16N4O2. The quantitative estimate of drug-likeness (QED) is 0.878. The van der Waals surface area contributed by atoms with E-state index >= 15 is 0 Å². The van der Waals surface area contributed by atoms with E-state index in [0.717, 1.165) is 5.56 Å². The molecule has 0 aliphatic carbocycles. The van der Waals surface area contributed by atoms with Gasteiger partial charge in [0, 0.05) is 20.2 Å². The Morgan fingerprint density at radius 3 is 2.62 bits per heavy atom. The van der Waals surface area contributed by atoms with Crippen molar-refractivity contribution in [2.45, 2.75) is 13.0 Å².